The van der Waals surface area contributed by atoms with Crippen molar-refractivity contribution in [2.24, 2.45) is 4.99 Å². The molecule has 1 aromatic carbocycles. The topological polar surface area (TPSA) is 47.9 Å². The van der Waals surface area contributed by atoms with Gasteiger partial charge < -0.3 is 9.47 Å². The Morgan fingerprint density at radius 3 is 3.00 bits per heavy atom. The van der Waals surface area contributed by atoms with Crippen molar-refractivity contribution >= 4 is 11.9 Å². The Bertz CT molecular complexity index is 398. The normalized spacial score (nSPS) is 14.9. The van der Waals surface area contributed by atoms with Crippen molar-refractivity contribution in [3.05, 3.63) is 29.8 Å². The summed E-state index contributed by atoms with van der Waals surface area (Å²) in [5.74, 6) is 0.768. The number of cyclic esters (lactones) is 1. The van der Waals surface area contributed by atoms with E-state index in [0.29, 0.717) is 11.6 Å². The van der Waals surface area contributed by atoms with Crippen LogP contribution in [0, 0.1) is 0 Å². The Hall–Kier alpha value is -1.84. The zero-order chi connectivity index (χ0) is 9.97. The summed E-state index contributed by atoms with van der Waals surface area (Å²) in [7, 11) is 1.58. The van der Waals surface area contributed by atoms with Crippen LogP contribution < -0.4 is 4.74 Å². The molecule has 0 amide bonds. The van der Waals surface area contributed by atoms with Gasteiger partial charge in [0, 0.05) is 5.56 Å². The average Bonchev–Trinajstić information content (AvgIpc) is 2.65. The molecule has 0 bridgehead atoms. The van der Waals surface area contributed by atoms with Crippen LogP contribution in [0.25, 0.3) is 0 Å². The van der Waals surface area contributed by atoms with Gasteiger partial charge in [-0.25, -0.2) is 9.79 Å². The lowest BCUT2D eigenvalue weighted by Crippen LogP contribution is -2.05. The van der Waals surface area contributed by atoms with Crippen molar-refractivity contribution in [2.45, 2.75) is 0 Å². The highest BCUT2D eigenvalue weighted by Crippen LogP contribution is 2.15. The summed E-state index contributed by atoms with van der Waals surface area (Å²) in [6.07, 6.45) is 0. The van der Waals surface area contributed by atoms with Gasteiger partial charge in [0.25, 0.3) is 0 Å². The molecule has 0 radical (unpaired) electrons. The fourth-order valence-corrected chi connectivity index (χ4v) is 1.22. The van der Waals surface area contributed by atoms with Crippen LogP contribution >= 0.6 is 0 Å². The summed E-state index contributed by atoms with van der Waals surface area (Å²) in [4.78, 5) is 14.8. The van der Waals surface area contributed by atoms with Crippen LogP contribution in [0.5, 0.6) is 5.75 Å². The second-order valence-electron chi connectivity index (χ2n) is 2.83. The number of carbonyl (C=O) groups is 1. The largest absolute Gasteiger partial charge is 0.497 e. The summed E-state index contributed by atoms with van der Waals surface area (Å²) >= 11 is 0. The van der Waals surface area contributed by atoms with Gasteiger partial charge in [-0.15, -0.1) is 0 Å². The lowest BCUT2D eigenvalue weighted by Gasteiger charge is -2.02. The molecule has 0 unspecified atom stereocenters. The van der Waals surface area contributed by atoms with Crippen LogP contribution in [-0.4, -0.2) is 25.5 Å². The van der Waals surface area contributed by atoms with E-state index >= 15 is 0 Å². The molecule has 0 fully saturated rings. The van der Waals surface area contributed by atoms with Crippen LogP contribution in [0.4, 0.5) is 0 Å². The molecule has 1 aliphatic heterocycles. The zero-order valence-corrected chi connectivity index (χ0v) is 7.69. The number of esters is 1. The minimum Gasteiger partial charge on any atom is -0.497 e. The number of carbonyl (C=O) groups excluding carboxylic acids is 1. The minimum absolute atomic E-state index is 0.104. The molecular formula is C10H9NO3. The van der Waals surface area contributed by atoms with E-state index in [0.717, 1.165) is 5.56 Å². The van der Waals surface area contributed by atoms with Gasteiger partial charge in [-0.1, -0.05) is 6.07 Å². The Morgan fingerprint density at radius 2 is 2.36 bits per heavy atom. The van der Waals surface area contributed by atoms with Gasteiger partial charge in [0.05, 0.1) is 7.11 Å². The van der Waals surface area contributed by atoms with E-state index in [9.17, 15) is 4.79 Å². The third kappa shape index (κ3) is 1.59. The number of hydrogen-bond donors (Lipinski definition) is 0. The van der Waals surface area contributed by atoms with E-state index in [2.05, 4.69) is 4.99 Å². The molecular weight excluding hydrogens is 182 g/mol. The third-order valence-corrected chi connectivity index (χ3v) is 1.88. The van der Waals surface area contributed by atoms with Crippen molar-refractivity contribution in [2.75, 3.05) is 13.7 Å². The van der Waals surface area contributed by atoms with Gasteiger partial charge in [0.15, 0.2) is 0 Å². The van der Waals surface area contributed by atoms with Gasteiger partial charge in [-0.2, -0.15) is 0 Å². The number of nitrogens with zero attached hydrogens (tertiary/aromatic N) is 1. The molecule has 0 saturated heterocycles. The third-order valence-electron chi connectivity index (χ3n) is 1.88. The van der Waals surface area contributed by atoms with Gasteiger partial charge >= 0.3 is 5.97 Å². The monoisotopic (exact) mass is 191 g/mol. The zero-order valence-electron chi connectivity index (χ0n) is 7.69. The van der Waals surface area contributed by atoms with Crippen molar-refractivity contribution in [3.8, 4) is 5.75 Å². The van der Waals surface area contributed by atoms with E-state index < -0.39 is 0 Å². The van der Waals surface area contributed by atoms with Crippen LogP contribution in [0.2, 0.25) is 0 Å². The molecule has 14 heavy (non-hydrogen) atoms. The minimum atomic E-state index is -0.317. The Morgan fingerprint density at radius 1 is 1.50 bits per heavy atom. The summed E-state index contributed by atoms with van der Waals surface area (Å²) in [6, 6.07) is 7.24. The first kappa shape index (κ1) is 8.74. The van der Waals surface area contributed by atoms with E-state index in [4.69, 9.17) is 9.47 Å². The summed E-state index contributed by atoms with van der Waals surface area (Å²) in [5.41, 5.74) is 0.759. The number of hydrogen-bond acceptors (Lipinski definition) is 4. The highest BCUT2D eigenvalue weighted by Gasteiger charge is 2.17. The van der Waals surface area contributed by atoms with Crippen molar-refractivity contribution < 1.29 is 14.3 Å². The number of ether oxygens (including phenoxy) is 2. The maximum Gasteiger partial charge on any atom is 0.334 e. The summed E-state index contributed by atoms with van der Waals surface area (Å²) in [5, 5.41) is 0. The molecule has 72 valence electrons. The second-order valence-corrected chi connectivity index (χ2v) is 2.83. The lowest BCUT2D eigenvalue weighted by atomic mass is 10.2. The molecule has 0 aromatic heterocycles. The maximum atomic E-state index is 10.8. The van der Waals surface area contributed by atoms with Gasteiger partial charge in [-0.3, -0.25) is 0 Å². The predicted octanol–water partition coefficient (Wildman–Crippen LogP) is 0.999. The molecule has 1 heterocycles. The average molecular weight is 191 g/mol. The van der Waals surface area contributed by atoms with E-state index in [-0.39, 0.29) is 12.5 Å². The van der Waals surface area contributed by atoms with Crippen LogP contribution in [0.15, 0.2) is 29.3 Å². The number of benzene rings is 1. The molecule has 0 atom stereocenters. The molecule has 2 rings (SSSR count). The van der Waals surface area contributed by atoms with E-state index in [1.165, 1.54) is 0 Å². The number of aliphatic imine (C=N–C) groups is 1. The van der Waals surface area contributed by atoms with Crippen LogP contribution in [0.1, 0.15) is 5.56 Å². The molecule has 0 N–H and O–H groups in total. The quantitative estimate of drug-likeness (QED) is 0.655. The first-order valence-corrected chi connectivity index (χ1v) is 4.19. The fourth-order valence-electron chi connectivity index (χ4n) is 1.22. The first-order chi connectivity index (χ1) is 6.79. The fraction of sp³-hybridized carbons (Fsp3) is 0.200. The molecule has 1 aliphatic rings. The SMILES string of the molecule is COc1cccc(C2=NCC(=O)O2)c1. The molecule has 0 saturated carbocycles. The lowest BCUT2D eigenvalue weighted by molar-refractivity contribution is -0.132. The van der Waals surface area contributed by atoms with Crippen LogP contribution in [-0.2, 0) is 9.53 Å². The number of methoxy groups -OCH3 is 1. The molecule has 0 spiro atoms. The Balaban J connectivity index is 2.28. The first-order valence-electron chi connectivity index (χ1n) is 4.19. The second kappa shape index (κ2) is 3.49. The van der Waals surface area contributed by atoms with Gasteiger partial charge in [0.1, 0.15) is 12.3 Å². The molecule has 1 aromatic rings. The van der Waals surface area contributed by atoms with E-state index in [1.807, 2.05) is 18.2 Å². The molecule has 4 heteroatoms. The summed E-state index contributed by atoms with van der Waals surface area (Å²) in [6.45, 7) is 0.104. The van der Waals surface area contributed by atoms with Crippen LogP contribution in [0.3, 0.4) is 0 Å². The van der Waals surface area contributed by atoms with Gasteiger partial charge in [-0.05, 0) is 18.2 Å². The van der Waals surface area contributed by atoms with Crippen molar-refractivity contribution in [1.29, 1.82) is 0 Å². The van der Waals surface area contributed by atoms with Crippen molar-refractivity contribution in [3.63, 3.8) is 0 Å². The highest BCUT2D eigenvalue weighted by atomic mass is 16.6. The highest BCUT2D eigenvalue weighted by molar-refractivity contribution is 6.05. The Labute approximate surface area is 81.2 Å². The summed E-state index contributed by atoms with van der Waals surface area (Å²) < 4.78 is 9.95. The Kier molecular flexibility index (Phi) is 2.18. The maximum absolute atomic E-state index is 10.8. The van der Waals surface area contributed by atoms with Crippen molar-refractivity contribution in [1.82, 2.24) is 0 Å². The predicted molar refractivity (Wildman–Crippen MR) is 50.5 cm³/mol. The standard InChI is InChI=1S/C10H9NO3/c1-13-8-4-2-3-7(5-8)10-11-6-9(12)14-10/h2-5H,6H2,1H3. The van der Waals surface area contributed by atoms with Gasteiger partial charge in [0.2, 0.25) is 5.90 Å². The number of rotatable bonds is 2. The smallest absolute Gasteiger partial charge is 0.334 e. The molecule has 4 nitrogen and oxygen atoms in total. The molecule has 0 aliphatic carbocycles. The van der Waals surface area contributed by atoms with E-state index in [1.54, 1.807) is 13.2 Å².